The first kappa shape index (κ1) is 27.8. The van der Waals surface area contributed by atoms with Crippen molar-refractivity contribution in [2.24, 2.45) is 0 Å². The van der Waals surface area contributed by atoms with Crippen molar-refractivity contribution in [2.75, 3.05) is 0 Å². The zero-order valence-electron chi connectivity index (χ0n) is 26.1. The number of hydrogen-bond acceptors (Lipinski definition) is 3. The smallest absolute Gasteiger partial charge is 0.164 e. The van der Waals surface area contributed by atoms with Crippen LogP contribution in [0, 0.1) is 0 Å². The molecule has 0 aliphatic heterocycles. The van der Waals surface area contributed by atoms with E-state index in [2.05, 4.69) is 140 Å². The van der Waals surface area contributed by atoms with Gasteiger partial charge in [-0.1, -0.05) is 170 Å². The van der Waals surface area contributed by atoms with E-state index in [-0.39, 0.29) is 0 Å². The van der Waals surface area contributed by atoms with Gasteiger partial charge in [0.25, 0.3) is 0 Å². The van der Waals surface area contributed by atoms with Crippen LogP contribution >= 0.6 is 0 Å². The van der Waals surface area contributed by atoms with Crippen molar-refractivity contribution < 1.29 is 0 Å². The van der Waals surface area contributed by atoms with Gasteiger partial charge in [-0.3, -0.25) is 0 Å². The van der Waals surface area contributed by atoms with Gasteiger partial charge in [-0.2, -0.15) is 0 Å². The highest BCUT2D eigenvalue weighted by molar-refractivity contribution is 6.29. The van der Waals surface area contributed by atoms with Gasteiger partial charge in [0, 0.05) is 22.3 Å². The molecule has 0 atom stereocenters. The highest BCUT2D eigenvalue weighted by atomic mass is 15.0. The third-order valence-electron chi connectivity index (χ3n) is 9.13. The minimum absolute atomic E-state index is 0.643. The first-order valence-electron chi connectivity index (χ1n) is 16.2. The minimum atomic E-state index is 0.643. The Morgan fingerprint density at radius 1 is 0.250 bits per heavy atom. The Kier molecular flexibility index (Phi) is 6.80. The van der Waals surface area contributed by atoms with Crippen molar-refractivity contribution in [1.82, 2.24) is 15.0 Å². The standard InChI is InChI=1S/C45H29N3/c1-4-14-30(15-5-1)31-24-26-32(27-25-31)41-40(29-28-39-37-22-11-10-20-35(37)36-21-12-13-23-38(36)42(39)41)45-47-43(33-16-6-2-7-17-33)46-44(48-45)34-18-8-3-9-19-34/h1-29H. The highest BCUT2D eigenvalue weighted by Gasteiger charge is 2.21. The zero-order chi connectivity index (χ0) is 31.9. The zero-order valence-corrected chi connectivity index (χ0v) is 26.1. The molecule has 48 heavy (non-hydrogen) atoms. The second-order valence-corrected chi connectivity index (χ2v) is 12.0. The molecule has 0 spiro atoms. The lowest BCUT2D eigenvalue weighted by atomic mass is 9.86. The van der Waals surface area contributed by atoms with Crippen LogP contribution in [-0.2, 0) is 0 Å². The number of benzene rings is 8. The molecule has 0 radical (unpaired) electrons. The lowest BCUT2D eigenvalue weighted by molar-refractivity contribution is 1.07. The van der Waals surface area contributed by atoms with Gasteiger partial charge in [-0.15, -0.1) is 0 Å². The van der Waals surface area contributed by atoms with E-state index in [9.17, 15) is 0 Å². The van der Waals surface area contributed by atoms with Crippen LogP contribution in [-0.4, -0.2) is 15.0 Å². The van der Waals surface area contributed by atoms with Gasteiger partial charge in [0.15, 0.2) is 17.5 Å². The molecule has 0 saturated carbocycles. The summed E-state index contributed by atoms with van der Waals surface area (Å²) in [6.07, 6.45) is 0. The predicted octanol–water partition coefficient (Wildman–Crippen LogP) is 11.7. The van der Waals surface area contributed by atoms with Gasteiger partial charge in [0.2, 0.25) is 0 Å². The first-order chi connectivity index (χ1) is 23.8. The van der Waals surface area contributed by atoms with E-state index >= 15 is 0 Å². The Hall–Kier alpha value is -6.45. The van der Waals surface area contributed by atoms with E-state index in [1.165, 1.54) is 43.4 Å². The molecule has 9 rings (SSSR count). The van der Waals surface area contributed by atoms with Gasteiger partial charge in [-0.25, -0.2) is 15.0 Å². The van der Waals surface area contributed by atoms with Gasteiger partial charge >= 0.3 is 0 Å². The molecule has 0 aliphatic carbocycles. The Morgan fingerprint density at radius 2 is 0.625 bits per heavy atom. The molecule has 1 aromatic heterocycles. The fraction of sp³-hybridized carbons (Fsp3) is 0. The quantitative estimate of drug-likeness (QED) is 0.182. The van der Waals surface area contributed by atoms with Crippen LogP contribution in [0.3, 0.4) is 0 Å². The Balaban J connectivity index is 1.39. The van der Waals surface area contributed by atoms with Gasteiger partial charge in [0.1, 0.15) is 0 Å². The fourth-order valence-electron chi connectivity index (χ4n) is 6.87. The molecule has 9 aromatic rings. The summed E-state index contributed by atoms with van der Waals surface area (Å²) in [5.74, 6) is 1.94. The van der Waals surface area contributed by atoms with Gasteiger partial charge in [0.05, 0.1) is 0 Å². The normalized spacial score (nSPS) is 11.3. The third-order valence-corrected chi connectivity index (χ3v) is 9.13. The largest absolute Gasteiger partial charge is 0.208 e. The SMILES string of the molecule is c1ccc(-c2ccc(-c3c(-c4nc(-c5ccccc5)nc(-c5ccccc5)n4)ccc4c5ccccc5c5ccccc5c34)cc2)cc1. The molecular weight excluding hydrogens is 583 g/mol. The van der Waals surface area contributed by atoms with Crippen molar-refractivity contribution in [3.8, 4) is 56.4 Å². The maximum Gasteiger partial charge on any atom is 0.164 e. The molecule has 3 heteroatoms. The molecule has 0 saturated heterocycles. The van der Waals surface area contributed by atoms with E-state index in [0.717, 1.165) is 27.8 Å². The average Bonchev–Trinajstić information content (AvgIpc) is 3.18. The van der Waals surface area contributed by atoms with E-state index in [1.54, 1.807) is 0 Å². The summed E-state index contributed by atoms with van der Waals surface area (Å²) in [7, 11) is 0. The summed E-state index contributed by atoms with van der Waals surface area (Å²) in [5, 5.41) is 7.30. The molecule has 0 fully saturated rings. The Morgan fingerprint density at radius 3 is 1.17 bits per heavy atom. The Labute approximate surface area is 278 Å². The summed E-state index contributed by atoms with van der Waals surface area (Å²) in [6, 6.07) is 61.6. The molecule has 0 N–H and O–H groups in total. The molecule has 224 valence electrons. The molecule has 0 aliphatic rings. The molecule has 0 amide bonds. The van der Waals surface area contributed by atoms with Crippen LogP contribution in [0.25, 0.3) is 88.7 Å². The number of aromatic nitrogens is 3. The molecule has 8 aromatic carbocycles. The topological polar surface area (TPSA) is 38.7 Å². The van der Waals surface area contributed by atoms with Gasteiger partial charge < -0.3 is 0 Å². The lowest BCUT2D eigenvalue weighted by Crippen LogP contribution is -2.01. The van der Waals surface area contributed by atoms with E-state index in [1.807, 2.05) is 36.4 Å². The molecule has 0 bridgehead atoms. The average molecular weight is 612 g/mol. The second kappa shape index (κ2) is 11.7. The van der Waals surface area contributed by atoms with Crippen LogP contribution in [0.4, 0.5) is 0 Å². The Bertz CT molecular complexity index is 2490. The van der Waals surface area contributed by atoms with E-state index in [0.29, 0.717) is 17.5 Å². The van der Waals surface area contributed by atoms with Crippen LogP contribution in [0.15, 0.2) is 176 Å². The van der Waals surface area contributed by atoms with Crippen molar-refractivity contribution in [1.29, 1.82) is 0 Å². The van der Waals surface area contributed by atoms with Crippen molar-refractivity contribution in [2.45, 2.75) is 0 Å². The van der Waals surface area contributed by atoms with Crippen LogP contribution in [0.1, 0.15) is 0 Å². The summed E-state index contributed by atoms with van der Waals surface area (Å²) < 4.78 is 0. The number of fused-ring (bicyclic) bond motifs is 6. The van der Waals surface area contributed by atoms with Crippen molar-refractivity contribution >= 4 is 32.3 Å². The van der Waals surface area contributed by atoms with E-state index in [4.69, 9.17) is 15.0 Å². The van der Waals surface area contributed by atoms with Crippen molar-refractivity contribution in [3.63, 3.8) is 0 Å². The highest BCUT2D eigenvalue weighted by Crippen LogP contribution is 2.44. The van der Waals surface area contributed by atoms with Crippen LogP contribution < -0.4 is 0 Å². The summed E-state index contributed by atoms with van der Waals surface area (Å²) >= 11 is 0. The number of rotatable bonds is 5. The second-order valence-electron chi connectivity index (χ2n) is 12.0. The lowest BCUT2D eigenvalue weighted by Gasteiger charge is -2.18. The number of nitrogens with zero attached hydrogens (tertiary/aromatic N) is 3. The van der Waals surface area contributed by atoms with E-state index < -0.39 is 0 Å². The first-order valence-corrected chi connectivity index (χ1v) is 16.2. The summed E-state index contributed by atoms with van der Waals surface area (Å²) in [4.78, 5) is 15.3. The summed E-state index contributed by atoms with van der Waals surface area (Å²) in [6.45, 7) is 0. The monoisotopic (exact) mass is 611 g/mol. The van der Waals surface area contributed by atoms with Crippen LogP contribution in [0.5, 0.6) is 0 Å². The molecule has 1 heterocycles. The molecule has 3 nitrogen and oxygen atoms in total. The van der Waals surface area contributed by atoms with Crippen molar-refractivity contribution in [3.05, 3.63) is 176 Å². The summed E-state index contributed by atoms with van der Waals surface area (Å²) in [5.41, 5.74) is 7.45. The molecule has 0 unspecified atom stereocenters. The minimum Gasteiger partial charge on any atom is -0.208 e. The maximum absolute atomic E-state index is 5.18. The third kappa shape index (κ3) is 4.81. The number of hydrogen-bond donors (Lipinski definition) is 0. The fourth-order valence-corrected chi connectivity index (χ4v) is 6.87. The van der Waals surface area contributed by atoms with Gasteiger partial charge in [-0.05, 0) is 55.1 Å². The van der Waals surface area contributed by atoms with Crippen LogP contribution in [0.2, 0.25) is 0 Å². The predicted molar refractivity (Wildman–Crippen MR) is 200 cm³/mol. The maximum atomic E-state index is 5.18. The molecular formula is C45H29N3.